The molecule has 3 atom stereocenters. The van der Waals surface area contributed by atoms with Gasteiger partial charge in [-0.05, 0) is 36.3 Å². The van der Waals surface area contributed by atoms with E-state index in [1.807, 2.05) is 50.2 Å². The van der Waals surface area contributed by atoms with Crippen molar-refractivity contribution in [1.82, 2.24) is 26.0 Å². The Labute approximate surface area is 274 Å². The van der Waals surface area contributed by atoms with Crippen LogP contribution in [-0.4, -0.2) is 77.2 Å². The molecule has 3 aromatic rings. The van der Waals surface area contributed by atoms with Gasteiger partial charge in [0.15, 0.2) is 12.4 Å². The number of carboxylic acids is 1. The van der Waals surface area contributed by atoms with Gasteiger partial charge in [0.05, 0.1) is 12.1 Å². The normalized spacial score (nSPS) is 12.8. The van der Waals surface area contributed by atoms with E-state index in [0.29, 0.717) is 6.42 Å². The summed E-state index contributed by atoms with van der Waals surface area (Å²) in [6.45, 7) is 3.60. The molecule has 1 heterocycles. The van der Waals surface area contributed by atoms with Crippen molar-refractivity contribution in [2.24, 2.45) is 5.92 Å². The van der Waals surface area contributed by atoms with Crippen LogP contribution in [0.2, 0.25) is 0 Å². The summed E-state index contributed by atoms with van der Waals surface area (Å²) >= 11 is 0. The van der Waals surface area contributed by atoms with Crippen molar-refractivity contribution in [2.75, 3.05) is 14.1 Å². The van der Waals surface area contributed by atoms with Gasteiger partial charge < -0.3 is 35.2 Å². The minimum Gasteiger partial charge on any atom is -0.480 e. The largest absolute Gasteiger partial charge is 0.480 e. The number of carboxylic acid groups (broad SMARTS) is 1. The maximum Gasteiger partial charge on any atom is 0.409 e. The van der Waals surface area contributed by atoms with E-state index in [9.17, 15) is 29.1 Å². The molecule has 0 aliphatic carbocycles. The van der Waals surface area contributed by atoms with Crippen molar-refractivity contribution in [2.45, 2.75) is 70.7 Å². The molecule has 13 heteroatoms. The molecule has 13 nitrogen and oxygen atoms in total. The Morgan fingerprint density at radius 1 is 0.851 bits per heavy atom. The van der Waals surface area contributed by atoms with Crippen LogP contribution < -0.4 is 16.0 Å². The molecule has 2 aromatic carbocycles. The van der Waals surface area contributed by atoms with E-state index >= 15 is 0 Å². The highest BCUT2D eigenvalue weighted by molar-refractivity contribution is 5.93. The van der Waals surface area contributed by atoms with Crippen molar-refractivity contribution in [3.8, 4) is 0 Å². The molecule has 0 saturated heterocycles. The first kappa shape index (κ1) is 36.3. The average molecular weight is 650 g/mol. The number of hydrogen-bond acceptors (Lipinski definition) is 8. The third-order valence-corrected chi connectivity index (χ3v) is 7.11. The van der Waals surface area contributed by atoms with Crippen molar-refractivity contribution < 1.29 is 38.3 Å². The van der Waals surface area contributed by atoms with Crippen molar-refractivity contribution in [3.63, 3.8) is 0 Å². The summed E-state index contributed by atoms with van der Waals surface area (Å²) in [6.07, 6.45) is 0.233. The molecule has 47 heavy (non-hydrogen) atoms. The second-order valence-electron chi connectivity index (χ2n) is 11.8. The summed E-state index contributed by atoms with van der Waals surface area (Å²) in [7, 11) is 3.08. The third kappa shape index (κ3) is 12.6. The number of nitrogens with zero attached hydrogens (tertiary/aromatic N) is 2. The number of hydrogen-bond donors (Lipinski definition) is 4. The van der Waals surface area contributed by atoms with Crippen molar-refractivity contribution >= 4 is 29.8 Å². The van der Waals surface area contributed by atoms with Crippen LogP contribution in [0, 0.1) is 5.92 Å². The van der Waals surface area contributed by atoms with Crippen LogP contribution in [0.4, 0.5) is 4.79 Å². The number of rotatable bonds is 17. The summed E-state index contributed by atoms with van der Waals surface area (Å²) in [5.74, 6) is -2.69. The minimum absolute atomic E-state index is 0.0147. The van der Waals surface area contributed by atoms with E-state index in [1.165, 1.54) is 11.0 Å². The molecule has 0 radical (unpaired) electrons. The van der Waals surface area contributed by atoms with Crippen LogP contribution in [0.5, 0.6) is 0 Å². The lowest BCUT2D eigenvalue weighted by Gasteiger charge is -2.25. The molecule has 0 saturated carbocycles. The SMILES string of the molecule is CC(C)C[C@H](NC(=O)[C@H](CCc1ccccc1)NC(=O)Cc1cc(COC(=O)N(C)C)on1)C(=O)N[C@@H](Cc1ccccc1)C(=O)O. The van der Waals surface area contributed by atoms with Gasteiger partial charge in [-0.1, -0.05) is 79.7 Å². The van der Waals surface area contributed by atoms with Crippen molar-refractivity contribution in [3.05, 3.63) is 89.3 Å². The van der Waals surface area contributed by atoms with E-state index in [2.05, 4.69) is 21.1 Å². The molecular weight excluding hydrogens is 606 g/mol. The molecule has 0 spiro atoms. The molecule has 0 unspecified atom stereocenters. The molecule has 4 amide bonds. The van der Waals surface area contributed by atoms with Crippen LogP contribution in [0.3, 0.4) is 0 Å². The fourth-order valence-corrected chi connectivity index (χ4v) is 4.70. The van der Waals surface area contributed by atoms with Gasteiger partial charge in [-0.2, -0.15) is 0 Å². The summed E-state index contributed by atoms with van der Waals surface area (Å²) in [4.78, 5) is 65.1. The van der Waals surface area contributed by atoms with Gasteiger partial charge in [-0.15, -0.1) is 0 Å². The lowest BCUT2D eigenvalue weighted by atomic mass is 10.00. The Bertz CT molecular complexity index is 1480. The smallest absolute Gasteiger partial charge is 0.409 e. The maximum absolute atomic E-state index is 13.7. The Morgan fingerprint density at radius 2 is 1.45 bits per heavy atom. The van der Waals surface area contributed by atoms with Crippen LogP contribution in [0.25, 0.3) is 0 Å². The summed E-state index contributed by atoms with van der Waals surface area (Å²) in [5, 5.41) is 21.8. The number of aromatic nitrogens is 1. The zero-order chi connectivity index (χ0) is 34.3. The molecule has 0 bridgehead atoms. The molecule has 0 aliphatic rings. The van der Waals surface area contributed by atoms with E-state index in [4.69, 9.17) is 9.26 Å². The van der Waals surface area contributed by atoms with Crippen LogP contribution in [0.15, 0.2) is 71.3 Å². The van der Waals surface area contributed by atoms with E-state index in [-0.39, 0.29) is 49.7 Å². The fraction of sp³-hybridized carbons (Fsp3) is 0.412. The number of benzene rings is 2. The minimum atomic E-state index is -1.20. The first-order chi connectivity index (χ1) is 22.4. The van der Waals surface area contributed by atoms with Gasteiger partial charge in [-0.3, -0.25) is 14.4 Å². The fourth-order valence-electron chi connectivity index (χ4n) is 4.70. The molecule has 0 fully saturated rings. The number of nitrogens with one attached hydrogen (secondary N) is 3. The highest BCUT2D eigenvalue weighted by atomic mass is 16.6. The number of ether oxygens (including phenoxy) is 1. The van der Waals surface area contributed by atoms with Crippen LogP contribution in [0.1, 0.15) is 49.3 Å². The standard InChI is InChI=1S/C34H43N5O8/c1-22(2)17-28(32(42)37-29(33(43)44)18-24-13-9-6-10-14-24)36-31(41)27(16-15-23-11-7-5-8-12-23)35-30(40)20-25-19-26(47-38-25)21-46-34(45)39(3)4/h5-14,19,22,27-29H,15-18,20-21H2,1-4H3,(H,35,40)(H,36,41)(H,37,42)(H,43,44)/t27-,28-,29-/m0/s1. The average Bonchev–Trinajstić information content (AvgIpc) is 3.48. The molecule has 4 N–H and O–H groups in total. The van der Waals surface area contributed by atoms with Crippen LogP contribution >= 0.6 is 0 Å². The number of carbonyl (C=O) groups excluding carboxylic acids is 4. The van der Waals surface area contributed by atoms with Crippen molar-refractivity contribution in [1.29, 1.82) is 0 Å². The Morgan fingerprint density at radius 3 is 2.04 bits per heavy atom. The molecule has 252 valence electrons. The number of aliphatic carboxylic acids is 1. The first-order valence-corrected chi connectivity index (χ1v) is 15.4. The zero-order valence-corrected chi connectivity index (χ0v) is 27.1. The van der Waals surface area contributed by atoms with E-state index in [1.54, 1.807) is 38.4 Å². The molecule has 1 aromatic heterocycles. The number of carbonyl (C=O) groups is 5. The second-order valence-corrected chi connectivity index (χ2v) is 11.8. The molecule has 3 rings (SSSR count). The Balaban J connectivity index is 1.71. The number of amides is 4. The Kier molecular flexibility index (Phi) is 13.9. The monoisotopic (exact) mass is 649 g/mol. The summed E-state index contributed by atoms with van der Waals surface area (Å²) in [6, 6.07) is 16.6. The maximum atomic E-state index is 13.7. The predicted octanol–water partition coefficient (Wildman–Crippen LogP) is 2.88. The molecule has 0 aliphatic heterocycles. The van der Waals surface area contributed by atoms with Gasteiger partial charge in [-0.25, -0.2) is 9.59 Å². The van der Waals surface area contributed by atoms with Gasteiger partial charge >= 0.3 is 12.1 Å². The topological polar surface area (TPSA) is 180 Å². The number of aryl methyl sites for hydroxylation is 1. The van der Waals surface area contributed by atoms with Gasteiger partial charge in [0.2, 0.25) is 17.7 Å². The van der Waals surface area contributed by atoms with Gasteiger partial charge in [0.1, 0.15) is 18.1 Å². The lowest BCUT2D eigenvalue weighted by Crippen LogP contribution is -2.56. The highest BCUT2D eigenvalue weighted by Gasteiger charge is 2.30. The second kappa shape index (κ2) is 18.1. The Hall–Kier alpha value is -5.20. The predicted molar refractivity (Wildman–Crippen MR) is 172 cm³/mol. The first-order valence-electron chi connectivity index (χ1n) is 15.4. The van der Waals surface area contributed by atoms with E-state index in [0.717, 1.165) is 11.1 Å². The van der Waals surface area contributed by atoms with Gasteiger partial charge in [0.25, 0.3) is 0 Å². The summed E-state index contributed by atoms with van der Waals surface area (Å²) < 4.78 is 10.2. The quantitative estimate of drug-likeness (QED) is 0.171. The zero-order valence-electron chi connectivity index (χ0n) is 27.1. The molecular formula is C34H43N5O8. The third-order valence-electron chi connectivity index (χ3n) is 7.11. The van der Waals surface area contributed by atoms with E-state index < -0.39 is 47.9 Å². The lowest BCUT2D eigenvalue weighted by molar-refractivity contribution is -0.142. The van der Waals surface area contributed by atoms with Crippen LogP contribution in [-0.2, 0) is 49.8 Å². The van der Waals surface area contributed by atoms with Gasteiger partial charge in [0, 0.05) is 26.6 Å². The summed E-state index contributed by atoms with van der Waals surface area (Å²) in [5.41, 5.74) is 1.97. The highest BCUT2D eigenvalue weighted by Crippen LogP contribution is 2.12.